The van der Waals surface area contributed by atoms with Crippen LogP contribution in [0.25, 0.3) is 0 Å². The number of nitrogens with two attached hydrogens (primary N) is 1. The SMILES string of the molecule is Cn1c(N)c(C(=O)CN(Cc2ccc(Cl)cc2)C2CC2)c(=O)n(C)c1=O. The molecule has 26 heavy (non-hydrogen) atoms. The summed E-state index contributed by atoms with van der Waals surface area (Å²) in [6, 6.07) is 7.77. The number of benzene rings is 1. The molecule has 0 bridgehead atoms. The molecule has 0 radical (unpaired) electrons. The van der Waals surface area contributed by atoms with E-state index >= 15 is 0 Å². The van der Waals surface area contributed by atoms with Crippen molar-refractivity contribution in [3.8, 4) is 0 Å². The zero-order valence-electron chi connectivity index (χ0n) is 14.7. The number of anilines is 1. The number of hydrogen-bond donors (Lipinski definition) is 1. The van der Waals surface area contributed by atoms with E-state index in [1.165, 1.54) is 14.1 Å². The lowest BCUT2D eigenvalue weighted by Crippen LogP contribution is -2.43. The van der Waals surface area contributed by atoms with Gasteiger partial charge in [0.05, 0.1) is 6.54 Å². The first-order valence-electron chi connectivity index (χ1n) is 8.36. The van der Waals surface area contributed by atoms with E-state index in [0.29, 0.717) is 17.6 Å². The van der Waals surface area contributed by atoms with Crippen LogP contribution in [0, 0.1) is 0 Å². The quantitative estimate of drug-likeness (QED) is 0.764. The summed E-state index contributed by atoms with van der Waals surface area (Å²) in [7, 11) is 2.79. The van der Waals surface area contributed by atoms with Crippen LogP contribution >= 0.6 is 11.6 Å². The lowest BCUT2D eigenvalue weighted by Gasteiger charge is -2.22. The maximum Gasteiger partial charge on any atom is 0.332 e. The van der Waals surface area contributed by atoms with E-state index in [9.17, 15) is 14.4 Å². The zero-order chi connectivity index (χ0) is 19.0. The molecule has 138 valence electrons. The van der Waals surface area contributed by atoms with Crippen LogP contribution in [0.1, 0.15) is 28.8 Å². The maximum absolute atomic E-state index is 12.8. The van der Waals surface area contributed by atoms with Crippen molar-refractivity contribution in [2.24, 2.45) is 14.1 Å². The molecule has 2 N–H and O–H groups in total. The third kappa shape index (κ3) is 3.59. The van der Waals surface area contributed by atoms with Gasteiger partial charge in [-0.1, -0.05) is 23.7 Å². The third-order valence-electron chi connectivity index (χ3n) is 4.70. The number of Topliss-reactive ketones (excluding diaryl/α,β-unsaturated/α-hetero) is 1. The highest BCUT2D eigenvalue weighted by Crippen LogP contribution is 2.28. The molecule has 1 saturated carbocycles. The Morgan fingerprint density at radius 1 is 1.19 bits per heavy atom. The summed E-state index contributed by atoms with van der Waals surface area (Å²) in [4.78, 5) is 39.1. The lowest BCUT2D eigenvalue weighted by atomic mass is 10.1. The predicted octanol–water partition coefficient (Wildman–Crippen LogP) is 1.17. The van der Waals surface area contributed by atoms with E-state index in [4.69, 9.17) is 17.3 Å². The van der Waals surface area contributed by atoms with Gasteiger partial charge in [-0.15, -0.1) is 0 Å². The molecule has 1 aromatic carbocycles. The third-order valence-corrected chi connectivity index (χ3v) is 4.95. The minimum atomic E-state index is -0.655. The second kappa shape index (κ2) is 7.09. The standard InChI is InChI=1S/C18H21ClN4O3/c1-21-16(20)15(17(25)22(2)18(21)26)14(24)10-23(13-7-8-13)9-11-3-5-12(19)6-4-11/h3-6,13H,7-10,20H2,1-2H3. The molecule has 1 aromatic heterocycles. The molecule has 8 heteroatoms. The summed E-state index contributed by atoms with van der Waals surface area (Å²) in [5.74, 6) is -0.468. The molecule has 1 heterocycles. The molecule has 3 rings (SSSR count). The Bertz CT molecular complexity index is 958. The molecule has 7 nitrogen and oxygen atoms in total. The summed E-state index contributed by atoms with van der Waals surface area (Å²) in [6.07, 6.45) is 2.03. The Kier molecular flexibility index (Phi) is 5.02. The number of rotatable bonds is 6. The highest BCUT2D eigenvalue weighted by Gasteiger charge is 2.32. The smallest absolute Gasteiger partial charge is 0.332 e. The molecule has 1 fully saturated rings. The number of aromatic nitrogens is 2. The average Bonchev–Trinajstić information content (AvgIpc) is 3.45. The van der Waals surface area contributed by atoms with Crippen molar-refractivity contribution in [1.29, 1.82) is 0 Å². The fourth-order valence-corrected chi connectivity index (χ4v) is 3.09. The van der Waals surface area contributed by atoms with Gasteiger partial charge < -0.3 is 5.73 Å². The van der Waals surface area contributed by atoms with Crippen molar-refractivity contribution < 1.29 is 4.79 Å². The predicted molar refractivity (Wildman–Crippen MR) is 101 cm³/mol. The van der Waals surface area contributed by atoms with Crippen molar-refractivity contribution in [3.63, 3.8) is 0 Å². The molecule has 0 amide bonds. The Balaban J connectivity index is 1.87. The number of carbonyl (C=O) groups is 1. The first-order valence-corrected chi connectivity index (χ1v) is 8.74. The van der Waals surface area contributed by atoms with E-state index in [1.54, 1.807) is 0 Å². The van der Waals surface area contributed by atoms with Gasteiger partial charge in [0, 0.05) is 31.7 Å². The highest BCUT2D eigenvalue weighted by atomic mass is 35.5. The number of nitrogen functional groups attached to an aromatic ring is 1. The van der Waals surface area contributed by atoms with Crippen molar-refractivity contribution in [1.82, 2.24) is 14.0 Å². The van der Waals surface area contributed by atoms with Crippen LogP contribution in [-0.2, 0) is 20.6 Å². The normalized spacial score (nSPS) is 14.0. The van der Waals surface area contributed by atoms with Crippen molar-refractivity contribution in [2.75, 3.05) is 12.3 Å². The van der Waals surface area contributed by atoms with Crippen LogP contribution in [0.2, 0.25) is 5.02 Å². The molecule has 1 aliphatic rings. The first-order chi connectivity index (χ1) is 12.3. The largest absolute Gasteiger partial charge is 0.384 e. The Morgan fingerprint density at radius 2 is 1.81 bits per heavy atom. The van der Waals surface area contributed by atoms with Crippen molar-refractivity contribution >= 4 is 23.2 Å². The van der Waals surface area contributed by atoms with Gasteiger partial charge in [0.25, 0.3) is 5.56 Å². The second-order valence-corrected chi connectivity index (χ2v) is 7.09. The molecule has 0 saturated heterocycles. The Labute approximate surface area is 155 Å². The molecule has 1 aliphatic carbocycles. The molecule has 0 unspecified atom stereocenters. The van der Waals surface area contributed by atoms with E-state index in [1.807, 2.05) is 29.2 Å². The summed E-state index contributed by atoms with van der Waals surface area (Å²) in [6.45, 7) is 0.657. The molecule has 0 atom stereocenters. The van der Waals surface area contributed by atoms with Crippen molar-refractivity contribution in [2.45, 2.75) is 25.4 Å². The Hall–Kier alpha value is -2.38. The topological polar surface area (TPSA) is 90.3 Å². The minimum Gasteiger partial charge on any atom is -0.384 e. The van der Waals surface area contributed by atoms with Gasteiger partial charge in [0.1, 0.15) is 11.4 Å². The lowest BCUT2D eigenvalue weighted by molar-refractivity contribution is 0.0917. The highest BCUT2D eigenvalue weighted by molar-refractivity contribution is 6.30. The first kappa shape index (κ1) is 18.4. The van der Waals surface area contributed by atoms with Crippen LogP contribution in [0.15, 0.2) is 33.9 Å². The van der Waals surface area contributed by atoms with Crippen LogP contribution in [0.3, 0.4) is 0 Å². The molecule has 2 aromatic rings. The summed E-state index contributed by atoms with van der Waals surface area (Å²) in [5.41, 5.74) is 5.59. The van der Waals surface area contributed by atoms with E-state index < -0.39 is 11.2 Å². The summed E-state index contributed by atoms with van der Waals surface area (Å²) >= 11 is 5.92. The Morgan fingerprint density at radius 3 is 2.38 bits per heavy atom. The molecular formula is C18H21ClN4O3. The fourth-order valence-electron chi connectivity index (χ4n) is 2.96. The van der Waals surface area contributed by atoms with Crippen LogP contribution in [0.5, 0.6) is 0 Å². The molecule has 0 aliphatic heterocycles. The number of carbonyl (C=O) groups excluding carboxylic acids is 1. The number of ketones is 1. The van der Waals surface area contributed by atoms with Gasteiger partial charge in [-0.05, 0) is 30.5 Å². The fraction of sp³-hybridized carbons (Fsp3) is 0.389. The van der Waals surface area contributed by atoms with E-state index in [-0.39, 0.29) is 23.7 Å². The van der Waals surface area contributed by atoms with Crippen molar-refractivity contribution in [3.05, 3.63) is 61.3 Å². The number of nitrogens with zero attached hydrogens (tertiary/aromatic N) is 3. The minimum absolute atomic E-state index is 0.0743. The van der Waals surface area contributed by atoms with Crippen LogP contribution in [-0.4, -0.2) is 32.4 Å². The van der Waals surface area contributed by atoms with Crippen LogP contribution < -0.4 is 17.0 Å². The average molecular weight is 377 g/mol. The van der Waals surface area contributed by atoms with Gasteiger partial charge in [-0.3, -0.25) is 23.6 Å². The summed E-state index contributed by atoms with van der Waals surface area (Å²) in [5, 5.41) is 0.657. The number of halogens is 1. The maximum atomic E-state index is 12.8. The zero-order valence-corrected chi connectivity index (χ0v) is 15.5. The van der Waals surface area contributed by atoms with Gasteiger partial charge in [0.15, 0.2) is 5.78 Å². The summed E-state index contributed by atoms with van der Waals surface area (Å²) < 4.78 is 2.03. The van der Waals surface area contributed by atoms with Gasteiger partial charge in [-0.2, -0.15) is 0 Å². The van der Waals surface area contributed by atoms with Crippen LogP contribution in [0.4, 0.5) is 5.82 Å². The van der Waals surface area contributed by atoms with E-state index in [0.717, 1.165) is 27.5 Å². The molecular weight excluding hydrogens is 356 g/mol. The van der Waals surface area contributed by atoms with Gasteiger partial charge in [-0.25, -0.2) is 4.79 Å². The van der Waals surface area contributed by atoms with Gasteiger partial charge in [0.2, 0.25) is 0 Å². The monoisotopic (exact) mass is 376 g/mol. The molecule has 0 spiro atoms. The van der Waals surface area contributed by atoms with E-state index in [2.05, 4.69) is 0 Å². The van der Waals surface area contributed by atoms with Gasteiger partial charge >= 0.3 is 5.69 Å². The second-order valence-electron chi connectivity index (χ2n) is 6.65. The number of hydrogen-bond acceptors (Lipinski definition) is 5.